The molecule has 0 aromatic heterocycles. The average molecular weight is 567 g/mol. The second-order valence-electron chi connectivity index (χ2n) is 12.2. The molecule has 1 atom stereocenters. The first-order valence-corrected chi connectivity index (χ1v) is 18.0. The van der Waals surface area contributed by atoms with Crippen molar-refractivity contribution < 1.29 is 19.1 Å². The van der Waals surface area contributed by atoms with Crippen molar-refractivity contribution in [2.45, 2.75) is 213 Å². The molecule has 0 rings (SSSR count). The predicted molar refractivity (Wildman–Crippen MR) is 172 cm³/mol. The predicted octanol–water partition coefficient (Wildman–Crippen LogP) is 11.8. The van der Waals surface area contributed by atoms with Gasteiger partial charge >= 0.3 is 11.9 Å². The highest BCUT2D eigenvalue weighted by atomic mass is 16.5. The molecule has 0 fully saturated rings. The van der Waals surface area contributed by atoms with Crippen molar-refractivity contribution in [2.75, 3.05) is 6.61 Å². The molecule has 1 unspecified atom stereocenters. The summed E-state index contributed by atoms with van der Waals surface area (Å²) in [4.78, 5) is 24.0. The van der Waals surface area contributed by atoms with Gasteiger partial charge in [0.2, 0.25) is 0 Å². The van der Waals surface area contributed by atoms with Crippen LogP contribution in [0.25, 0.3) is 0 Å². The number of unbranched alkanes of at least 4 members (excludes halogenated alkanes) is 21. The summed E-state index contributed by atoms with van der Waals surface area (Å²) < 4.78 is 11.1. The quantitative estimate of drug-likeness (QED) is 0.0600. The highest BCUT2D eigenvalue weighted by Crippen LogP contribution is 2.16. The molecule has 0 N–H and O–H groups in total. The third-order valence-corrected chi connectivity index (χ3v) is 8.06. The first-order chi connectivity index (χ1) is 19.6. The van der Waals surface area contributed by atoms with Crippen LogP contribution in [0.4, 0.5) is 0 Å². The maximum Gasteiger partial charge on any atom is 0.306 e. The van der Waals surface area contributed by atoms with E-state index in [1.54, 1.807) is 0 Å². The smallest absolute Gasteiger partial charge is 0.306 e. The zero-order valence-electron chi connectivity index (χ0n) is 27.4. The molecule has 40 heavy (non-hydrogen) atoms. The van der Waals surface area contributed by atoms with E-state index >= 15 is 0 Å². The van der Waals surface area contributed by atoms with Crippen molar-refractivity contribution in [3.8, 4) is 0 Å². The van der Waals surface area contributed by atoms with Crippen molar-refractivity contribution >= 4 is 11.9 Å². The molecule has 0 aromatic rings. The van der Waals surface area contributed by atoms with E-state index in [2.05, 4.69) is 20.8 Å². The van der Waals surface area contributed by atoms with Gasteiger partial charge in [-0.2, -0.15) is 0 Å². The molecule has 0 radical (unpaired) electrons. The molecule has 0 aliphatic heterocycles. The van der Waals surface area contributed by atoms with E-state index in [-0.39, 0.29) is 18.0 Å². The lowest BCUT2D eigenvalue weighted by Crippen LogP contribution is -2.18. The highest BCUT2D eigenvalue weighted by Gasteiger charge is 2.13. The molecule has 0 aromatic carbocycles. The lowest BCUT2D eigenvalue weighted by atomic mass is 10.0. The van der Waals surface area contributed by atoms with Crippen molar-refractivity contribution in [3.63, 3.8) is 0 Å². The minimum absolute atomic E-state index is 0.0263. The highest BCUT2D eigenvalue weighted by molar-refractivity contribution is 5.69. The number of ether oxygens (including phenoxy) is 2. The third kappa shape index (κ3) is 29.9. The lowest BCUT2D eigenvalue weighted by molar-refractivity contribution is -0.150. The number of hydrogen-bond donors (Lipinski definition) is 0. The van der Waals surface area contributed by atoms with Crippen LogP contribution in [-0.2, 0) is 19.1 Å². The second kappa shape index (κ2) is 32.5. The van der Waals surface area contributed by atoms with E-state index in [1.807, 2.05) is 0 Å². The fourth-order valence-electron chi connectivity index (χ4n) is 5.41. The van der Waals surface area contributed by atoms with Gasteiger partial charge in [0.05, 0.1) is 6.61 Å². The van der Waals surface area contributed by atoms with E-state index in [4.69, 9.17) is 9.47 Å². The standard InChI is InChI=1S/C36H70O4/c1-4-7-9-10-11-12-13-14-15-16-17-18-19-22-25-28-33-39-35(37)31-26-23-20-21-24-27-32-36(38)40-34(29-6-3)30-8-5-2/h34H,4-33H2,1-3H3. The summed E-state index contributed by atoms with van der Waals surface area (Å²) in [5, 5.41) is 0. The molecule has 0 aliphatic carbocycles. The Morgan fingerprint density at radius 3 is 1.27 bits per heavy atom. The van der Waals surface area contributed by atoms with Gasteiger partial charge in [0.25, 0.3) is 0 Å². The molecule has 0 saturated heterocycles. The van der Waals surface area contributed by atoms with Crippen LogP contribution in [0.15, 0.2) is 0 Å². The average Bonchev–Trinajstić information content (AvgIpc) is 2.94. The Balaban J connectivity index is 3.34. The Morgan fingerprint density at radius 1 is 0.425 bits per heavy atom. The topological polar surface area (TPSA) is 52.6 Å². The van der Waals surface area contributed by atoms with Crippen LogP contribution in [0.3, 0.4) is 0 Å². The van der Waals surface area contributed by atoms with Gasteiger partial charge in [0, 0.05) is 12.8 Å². The fraction of sp³-hybridized carbons (Fsp3) is 0.944. The summed E-state index contributed by atoms with van der Waals surface area (Å²) in [7, 11) is 0. The largest absolute Gasteiger partial charge is 0.466 e. The van der Waals surface area contributed by atoms with Gasteiger partial charge in [-0.3, -0.25) is 9.59 Å². The SMILES string of the molecule is CCCCCCCCCCCCCCCCCCOC(=O)CCCCCCCCC(=O)OC(CCC)CCCC. The normalized spacial score (nSPS) is 12.0. The Labute approximate surface area is 250 Å². The van der Waals surface area contributed by atoms with Crippen LogP contribution in [-0.4, -0.2) is 24.6 Å². The summed E-state index contributed by atoms with van der Waals surface area (Å²) in [6, 6.07) is 0. The van der Waals surface area contributed by atoms with Crippen LogP contribution < -0.4 is 0 Å². The molecule has 0 aliphatic rings. The van der Waals surface area contributed by atoms with Crippen LogP contribution in [0.2, 0.25) is 0 Å². The van der Waals surface area contributed by atoms with Crippen molar-refractivity contribution in [1.82, 2.24) is 0 Å². The third-order valence-electron chi connectivity index (χ3n) is 8.06. The van der Waals surface area contributed by atoms with Gasteiger partial charge in [0.1, 0.15) is 6.10 Å². The van der Waals surface area contributed by atoms with E-state index in [9.17, 15) is 9.59 Å². The molecule has 0 saturated carbocycles. The van der Waals surface area contributed by atoms with E-state index in [1.165, 1.54) is 96.3 Å². The van der Waals surface area contributed by atoms with Crippen LogP contribution >= 0.6 is 0 Å². The Hall–Kier alpha value is -1.06. The second-order valence-corrected chi connectivity index (χ2v) is 12.2. The molecule has 0 amide bonds. The van der Waals surface area contributed by atoms with Crippen LogP contribution in [0.5, 0.6) is 0 Å². The Bertz CT molecular complexity index is 533. The van der Waals surface area contributed by atoms with Crippen LogP contribution in [0, 0.1) is 0 Å². The van der Waals surface area contributed by atoms with Gasteiger partial charge < -0.3 is 9.47 Å². The van der Waals surface area contributed by atoms with Gasteiger partial charge in [-0.05, 0) is 32.1 Å². The minimum Gasteiger partial charge on any atom is -0.466 e. The zero-order valence-corrected chi connectivity index (χ0v) is 27.4. The van der Waals surface area contributed by atoms with Crippen molar-refractivity contribution in [1.29, 1.82) is 0 Å². The monoisotopic (exact) mass is 567 g/mol. The Morgan fingerprint density at radius 2 is 0.825 bits per heavy atom. The molecule has 238 valence electrons. The maximum atomic E-state index is 12.1. The van der Waals surface area contributed by atoms with E-state index in [0.29, 0.717) is 19.4 Å². The molecule has 0 spiro atoms. The number of rotatable bonds is 32. The summed E-state index contributed by atoms with van der Waals surface area (Å²) >= 11 is 0. The summed E-state index contributed by atoms with van der Waals surface area (Å²) in [5.74, 6) is -0.0601. The van der Waals surface area contributed by atoms with Crippen molar-refractivity contribution in [2.24, 2.45) is 0 Å². The number of carbonyl (C=O) groups is 2. The van der Waals surface area contributed by atoms with E-state index in [0.717, 1.165) is 77.0 Å². The first kappa shape index (κ1) is 38.9. The summed E-state index contributed by atoms with van der Waals surface area (Å²) in [6.45, 7) is 7.20. The Kier molecular flexibility index (Phi) is 31.6. The van der Waals surface area contributed by atoms with Gasteiger partial charge in [0.15, 0.2) is 0 Å². The van der Waals surface area contributed by atoms with Crippen molar-refractivity contribution in [3.05, 3.63) is 0 Å². The number of hydrogen-bond acceptors (Lipinski definition) is 4. The number of carbonyl (C=O) groups excluding carboxylic acids is 2. The maximum absolute atomic E-state index is 12.1. The fourth-order valence-corrected chi connectivity index (χ4v) is 5.41. The molecular weight excluding hydrogens is 496 g/mol. The summed E-state index contributed by atoms with van der Waals surface area (Å²) in [5.41, 5.74) is 0. The number of esters is 2. The molecule has 4 nitrogen and oxygen atoms in total. The lowest BCUT2D eigenvalue weighted by Gasteiger charge is -2.17. The zero-order chi connectivity index (χ0) is 29.4. The molecule has 4 heteroatoms. The molecule has 0 bridgehead atoms. The van der Waals surface area contributed by atoms with E-state index < -0.39 is 0 Å². The minimum atomic E-state index is -0.0339. The van der Waals surface area contributed by atoms with Gasteiger partial charge in [-0.25, -0.2) is 0 Å². The first-order valence-electron chi connectivity index (χ1n) is 18.0. The van der Waals surface area contributed by atoms with Gasteiger partial charge in [-0.1, -0.05) is 162 Å². The molecular formula is C36H70O4. The van der Waals surface area contributed by atoms with Crippen LogP contribution in [0.1, 0.15) is 207 Å². The van der Waals surface area contributed by atoms with Gasteiger partial charge in [-0.15, -0.1) is 0 Å². The summed E-state index contributed by atoms with van der Waals surface area (Å²) in [6.07, 6.45) is 34.4. The molecule has 0 heterocycles.